The maximum Gasteiger partial charge on any atom is 0.417 e. The van der Waals surface area contributed by atoms with Crippen molar-refractivity contribution in [1.82, 2.24) is 15.2 Å². The van der Waals surface area contributed by atoms with Crippen LogP contribution in [-0.4, -0.2) is 39.6 Å². The fourth-order valence-corrected chi connectivity index (χ4v) is 3.72. The number of benzodiazepines with no additional fused rings is 1. The fraction of sp³-hybridized carbons (Fsp3) is 0.120. The number of para-hydroxylation sites is 1. The molecule has 3 N–H and O–H groups in total. The summed E-state index contributed by atoms with van der Waals surface area (Å²) in [4.78, 5) is 24.6. The second-order valence-electron chi connectivity index (χ2n) is 7.95. The number of carbonyl (C=O) groups excluding carboxylic acids is 1. The number of hydrogen-bond acceptors (Lipinski definition) is 8. The lowest BCUT2D eigenvalue weighted by Crippen LogP contribution is -2.32. The number of carbonyl (C=O) groups is 1. The van der Waals surface area contributed by atoms with Gasteiger partial charge in [0, 0.05) is 17.3 Å². The van der Waals surface area contributed by atoms with Crippen LogP contribution in [0.5, 0.6) is 0 Å². The Kier molecular flexibility index (Phi) is 6.44. The van der Waals surface area contributed by atoms with Gasteiger partial charge < -0.3 is 20.4 Å². The van der Waals surface area contributed by atoms with E-state index in [1.807, 2.05) is 42.5 Å². The number of alkyl halides is 3. The van der Waals surface area contributed by atoms with Crippen molar-refractivity contribution in [2.24, 2.45) is 4.99 Å². The zero-order valence-electron chi connectivity index (χ0n) is 19.3. The number of anilines is 3. The van der Waals surface area contributed by atoms with Gasteiger partial charge in [-0.25, -0.2) is 16.5 Å². The molecule has 2 aromatic heterocycles. The summed E-state index contributed by atoms with van der Waals surface area (Å²) in [7, 11) is 0. The molecule has 13 heteroatoms. The number of nitrogens with zero attached hydrogens (tertiary/aromatic N) is 5. The van der Waals surface area contributed by atoms with E-state index in [0.29, 0.717) is 23.2 Å². The van der Waals surface area contributed by atoms with Gasteiger partial charge >= 0.3 is 12.2 Å². The van der Waals surface area contributed by atoms with Gasteiger partial charge in [-0.1, -0.05) is 53.6 Å². The molecule has 1 aliphatic heterocycles. The van der Waals surface area contributed by atoms with E-state index in [2.05, 4.69) is 41.0 Å². The summed E-state index contributed by atoms with van der Waals surface area (Å²) in [5, 5.41) is 15.9. The molecule has 0 radical (unpaired) electrons. The van der Waals surface area contributed by atoms with Gasteiger partial charge in [-0.15, -0.1) is 5.10 Å². The molecule has 4 aromatic rings. The number of amides is 1. The van der Waals surface area contributed by atoms with Crippen LogP contribution in [0.4, 0.5) is 30.6 Å². The Labute approximate surface area is 213 Å². The molecule has 0 fully saturated rings. The first-order valence-electron chi connectivity index (χ1n) is 11.1. The Balaban J connectivity index is 1.48. The highest BCUT2D eigenvalue weighted by atomic mass is 19.4. The molecule has 2 aromatic carbocycles. The van der Waals surface area contributed by atoms with E-state index in [-0.39, 0.29) is 30.0 Å². The lowest BCUT2D eigenvalue weighted by atomic mass is 10.0. The van der Waals surface area contributed by atoms with Crippen molar-refractivity contribution in [3.63, 3.8) is 0 Å². The molecule has 1 amide bonds. The van der Waals surface area contributed by atoms with Crippen LogP contribution in [0.25, 0.3) is 16.4 Å². The first kappa shape index (κ1) is 24.4. The summed E-state index contributed by atoms with van der Waals surface area (Å²) in [5.74, 6) is -0.714. The predicted molar refractivity (Wildman–Crippen MR) is 132 cm³/mol. The van der Waals surface area contributed by atoms with Gasteiger partial charge in [-0.2, -0.15) is 13.2 Å². The lowest BCUT2D eigenvalue weighted by Gasteiger charge is -2.11. The molecule has 1 aliphatic rings. The number of halogens is 3. The molecule has 1 atom stereocenters. The molecule has 0 saturated heterocycles. The normalized spacial score (nSPS) is 14.9. The van der Waals surface area contributed by atoms with Crippen LogP contribution in [0.15, 0.2) is 76.3 Å². The minimum absolute atomic E-state index is 0.0894. The first-order valence-corrected chi connectivity index (χ1v) is 11.1. The van der Waals surface area contributed by atoms with Crippen LogP contribution >= 0.6 is 0 Å². The molecule has 190 valence electrons. The SMILES string of the molecule is [C-]#[N+]CNc1cc(C(F)(F)F)cnc1-c1nnc(N[C@H]2N=C(c3ccccc3)c3ccccc3NC2=O)o1. The predicted octanol–water partition coefficient (Wildman–Crippen LogP) is 4.67. The van der Waals surface area contributed by atoms with Gasteiger partial charge in [-0.05, 0) is 12.1 Å². The Morgan fingerprint density at radius 3 is 2.61 bits per heavy atom. The molecule has 0 spiro atoms. The third-order valence-corrected chi connectivity index (χ3v) is 5.45. The highest BCUT2D eigenvalue weighted by Crippen LogP contribution is 2.34. The Bertz CT molecular complexity index is 1560. The lowest BCUT2D eigenvalue weighted by molar-refractivity contribution is -0.137. The number of aliphatic imine (C=N–C) groups is 1. The van der Waals surface area contributed by atoms with E-state index < -0.39 is 23.8 Å². The van der Waals surface area contributed by atoms with E-state index in [1.54, 1.807) is 12.1 Å². The summed E-state index contributed by atoms with van der Waals surface area (Å²) in [6, 6.07) is 17.1. The van der Waals surface area contributed by atoms with E-state index >= 15 is 0 Å². The molecule has 0 unspecified atom stereocenters. The largest absolute Gasteiger partial charge is 0.417 e. The van der Waals surface area contributed by atoms with Gasteiger partial charge in [0.1, 0.15) is 0 Å². The summed E-state index contributed by atoms with van der Waals surface area (Å²) in [5.41, 5.74) is 1.40. The first-order chi connectivity index (χ1) is 18.3. The second-order valence-corrected chi connectivity index (χ2v) is 7.95. The molecule has 5 rings (SSSR count). The average Bonchev–Trinajstić information content (AvgIpc) is 3.33. The number of rotatable bonds is 6. The standard InChI is InChI=1S/C25H17F3N8O2/c1-29-13-31-18-11-15(25(26,27)28)12-30-20(18)23-35-36-24(38-23)34-21-22(37)32-17-10-6-5-9-16(17)19(33-21)14-7-3-2-4-8-14/h2-12,21,31H,13H2,(H,32,37)(H,34,36)/t21-/m1/s1. The topological polar surface area (TPSA) is 122 Å². The zero-order chi connectivity index (χ0) is 26.7. The molecule has 0 bridgehead atoms. The van der Waals surface area contributed by atoms with Crippen LogP contribution < -0.4 is 16.0 Å². The van der Waals surface area contributed by atoms with Crippen molar-refractivity contribution in [2.45, 2.75) is 12.3 Å². The highest BCUT2D eigenvalue weighted by molar-refractivity contribution is 6.19. The Morgan fingerprint density at radius 1 is 1.08 bits per heavy atom. The maximum atomic E-state index is 13.2. The van der Waals surface area contributed by atoms with E-state index in [4.69, 9.17) is 11.0 Å². The minimum atomic E-state index is -4.64. The third kappa shape index (κ3) is 5.00. The Hall–Kier alpha value is -5.25. The minimum Gasteiger partial charge on any atom is -0.402 e. The molecule has 0 aliphatic carbocycles. The van der Waals surface area contributed by atoms with Crippen molar-refractivity contribution in [1.29, 1.82) is 0 Å². The summed E-state index contributed by atoms with van der Waals surface area (Å²) in [6.45, 7) is 6.63. The van der Waals surface area contributed by atoms with Crippen LogP contribution in [0.3, 0.4) is 0 Å². The maximum absolute atomic E-state index is 13.2. The van der Waals surface area contributed by atoms with Gasteiger partial charge in [0.05, 0.1) is 22.6 Å². The summed E-state index contributed by atoms with van der Waals surface area (Å²) < 4.78 is 45.1. The van der Waals surface area contributed by atoms with Gasteiger partial charge in [0.2, 0.25) is 6.17 Å². The molecule has 0 saturated carbocycles. The van der Waals surface area contributed by atoms with Crippen LogP contribution in [0, 0.1) is 6.57 Å². The van der Waals surface area contributed by atoms with Crippen LogP contribution in [0.1, 0.15) is 16.7 Å². The number of hydrogen-bond donors (Lipinski definition) is 3. The molecular weight excluding hydrogens is 501 g/mol. The molecule has 10 nitrogen and oxygen atoms in total. The van der Waals surface area contributed by atoms with Crippen LogP contribution in [-0.2, 0) is 11.0 Å². The van der Waals surface area contributed by atoms with E-state index in [0.717, 1.165) is 11.6 Å². The molecular formula is C25H17F3N8O2. The van der Waals surface area contributed by atoms with E-state index in [9.17, 15) is 18.0 Å². The van der Waals surface area contributed by atoms with Crippen molar-refractivity contribution < 1.29 is 22.4 Å². The fourth-order valence-electron chi connectivity index (χ4n) is 3.72. The number of nitrogens with one attached hydrogen (secondary N) is 3. The molecule has 3 heterocycles. The smallest absolute Gasteiger partial charge is 0.402 e. The number of fused-ring (bicyclic) bond motifs is 1. The van der Waals surface area contributed by atoms with Gasteiger partial charge in [0.25, 0.3) is 18.5 Å². The number of aromatic nitrogens is 3. The Morgan fingerprint density at radius 2 is 1.84 bits per heavy atom. The number of pyridine rings is 1. The van der Waals surface area contributed by atoms with Gasteiger partial charge in [0.15, 0.2) is 5.69 Å². The second kappa shape index (κ2) is 10.0. The molecule has 38 heavy (non-hydrogen) atoms. The van der Waals surface area contributed by atoms with Crippen molar-refractivity contribution in [3.05, 3.63) is 95.0 Å². The van der Waals surface area contributed by atoms with Gasteiger partial charge in [-0.3, -0.25) is 9.64 Å². The van der Waals surface area contributed by atoms with E-state index in [1.165, 1.54) is 0 Å². The number of benzene rings is 2. The summed E-state index contributed by atoms with van der Waals surface area (Å²) in [6.07, 6.45) is -5.19. The monoisotopic (exact) mass is 518 g/mol. The third-order valence-electron chi connectivity index (χ3n) is 5.45. The van der Waals surface area contributed by atoms with Crippen molar-refractivity contribution >= 4 is 29.0 Å². The quantitative estimate of drug-likeness (QED) is 0.317. The highest BCUT2D eigenvalue weighted by Gasteiger charge is 2.33. The van der Waals surface area contributed by atoms with Crippen molar-refractivity contribution in [3.8, 4) is 11.6 Å². The van der Waals surface area contributed by atoms with Crippen molar-refractivity contribution in [2.75, 3.05) is 22.6 Å². The summed E-state index contributed by atoms with van der Waals surface area (Å²) >= 11 is 0. The van der Waals surface area contributed by atoms with Crippen LogP contribution in [0.2, 0.25) is 0 Å². The zero-order valence-corrected chi connectivity index (χ0v) is 19.3. The average molecular weight is 518 g/mol.